The number of hydrogen-bond acceptors (Lipinski definition) is 5. The summed E-state index contributed by atoms with van der Waals surface area (Å²) in [4.78, 5) is 32.8. The quantitative estimate of drug-likeness (QED) is 0.548. The van der Waals surface area contributed by atoms with Gasteiger partial charge in [-0.05, 0) is 63.0 Å². The van der Waals surface area contributed by atoms with Crippen molar-refractivity contribution in [3.8, 4) is 5.75 Å². The number of likely N-dealkylation sites (tertiary alicyclic amines) is 1. The number of benzene rings is 2. The van der Waals surface area contributed by atoms with Gasteiger partial charge in [-0.1, -0.05) is 42.5 Å². The molecule has 1 fully saturated rings. The summed E-state index contributed by atoms with van der Waals surface area (Å²) < 4.78 is 5.94. The van der Waals surface area contributed by atoms with Crippen molar-refractivity contribution in [1.82, 2.24) is 10.2 Å². The van der Waals surface area contributed by atoms with Gasteiger partial charge in [0.25, 0.3) is 0 Å². The van der Waals surface area contributed by atoms with Gasteiger partial charge in [-0.3, -0.25) is 9.69 Å². The molecule has 3 N–H and O–H groups in total. The third kappa shape index (κ3) is 9.74. The minimum Gasteiger partial charge on any atom is -0.489 e. The number of rotatable bonds is 7. The molecule has 1 aliphatic heterocycles. The van der Waals surface area contributed by atoms with Crippen LogP contribution in [0.5, 0.6) is 5.75 Å². The van der Waals surface area contributed by atoms with E-state index in [4.69, 9.17) is 24.5 Å². The summed E-state index contributed by atoms with van der Waals surface area (Å²) in [5.74, 6) is -2.38. The second kappa shape index (κ2) is 13.2. The molecule has 8 nitrogen and oxygen atoms in total. The second-order valence-corrected chi connectivity index (χ2v) is 8.25. The Bertz CT molecular complexity index is 896. The molecule has 1 amide bonds. The van der Waals surface area contributed by atoms with Crippen molar-refractivity contribution in [2.75, 3.05) is 13.1 Å². The molecule has 8 heteroatoms. The van der Waals surface area contributed by atoms with Gasteiger partial charge in [0.05, 0.1) is 0 Å². The Kier molecular flexibility index (Phi) is 10.4. The molecule has 0 radical (unpaired) electrons. The molecule has 33 heavy (non-hydrogen) atoms. The number of nitrogens with one attached hydrogen (secondary N) is 1. The number of carboxylic acid groups (broad SMARTS) is 2. The zero-order valence-electron chi connectivity index (χ0n) is 19.1. The standard InChI is InChI=1S/C23H30N2O2.C2H2O4/c1-18(2)24-23(26)21-11-13-25(14-12-21)16-20-9-6-10-22(15-20)27-17-19-7-4-3-5-8-19;3-1(4)2(5)6/h3-10,15,18,21H,11-14,16-17H2,1-2H3,(H,24,26);(H,3,4)(H,5,6). The van der Waals surface area contributed by atoms with Crippen molar-refractivity contribution in [1.29, 1.82) is 0 Å². The first-order valence-electron chi connectivity index (χ1n) is 11.0. The zero-order chi connectivity index (χ0) is 24.2. The van der Waals surface area contributed by atoms with Gasteiger partial charge in [0, 0.05) is 18.5 Å². The van der Waals surface area contributed by atoms with Crippen LogP contribution in [0, 0.1) is 5.92 Å². The average molecular weight is 457 g/mol. The molecule has 0 bridgehead atoms. The lowest BCUT2D eigenvalue weighted by Gasteiger charge is -2.31. The summed E-state index contributed by atoms with van der Waals surface area (Å²) in [5.41, 5.74) is 2.43. The molecule has 2 aromatic rings. The van der Waals surface area contributed by atoms with Crippen LogP contribution in [0.3, 0.4) is 0 Å². The molecule has 1 aliphatic rings. The van der Waals surface area contributed by atoms with Crippen LogP contribution in [0.25, 0.3) is 0 Å². The largest absolute Gasteiger partial charge is 0.489 e. The predicted molar refractivity (Wildman–Crippen MR) is 124 cm³/mol. The smallest absolute Gasteiger partial charge is 0.414 e. The molecule has 1 saturated heterocycles. The molecule has 178 valence electrons. The Morgan fingerprint density at radius 2 is 1.58 bits per heavy atom. The fraction of sp³-hybridized carbons (Fsp3) is 0.400. The highest BCUT2D eigenvalue weighted by molar-refractivity contribution is 6.27. The first-order valence-corrected chi connectivity index (χ1v) is 11.0. The Hall–Kier alpha value is -3.39. The number of carboxylic acids is 2. The molecule has 0 saturated carbocycles. The third-order valence-electron chi connectivity index (χ3n) is 5.13. The fourth-order valence-electron chi connectivity index (χ4n) is 3.49. The highest BCUT2D eigenvalue weighted by Crippen LogP contribution is 2.21. The fourth-order valence-corrected chi connectivity index (χ4v) is 3.49. The lowest BCUT2D eigenvalue weighted by atomic mass is 9.95. The molecular formula is C25H32N2O6. The highest BCUT2D eigenvalue weighted by atomic mass is 16.5. The van der Waals surface area contributed by atoms with E-state index in [1.807, 2.05) is 38.1 Å². The second-order valence-electron chi connectivity index (χ2n) is 8.25. The van der Waals surface area contributed by atoms with Gasteiger partial charge in [0.1, 0.15) is 12.4 Å². The maximum atomic E-state index is 12.2. The van der Waals surface area contributed by atoms with E-state index in [0.29, 0.717) is 6.61 Å². The predicted octanol–water partition coefficient (Wildman–Crippen LogP) is 3.16. The summed E-state index contributed by atoms with van der Waals surface area (Å²) in [6, 6.07) is 18.8. The first-order chi connectivity index (χ1) is 15.7. The van der Waals surface area contributed by atoms with Crippen molar-refractivity contribution >= 4 is 17.8 Å². The summed E-state index contributed by atoms with van der Waals surface area (Å²) in [5, 5.41) is 17.8. The van der Waals surface area contributed by atoms with E-state index in [9.17, 15) is 4.79 Å². The monoisotopic (exact) mass is 456 g/mol. The van der Waals surface area contributed by atoms with Gasteiger partial charge < -0.3 is 20.3 Å². The molecule has 0 atom stereocenters. The topological polar surface area (TPSA) is 116 Å². The maximum absolute atomic E-state index is 12.2. The number of ether oxygens (including phenoxy) is 1. The van der Waals surface area contributed by atoms with Crippen LogP contribution < -0.4 is 10.1 Å². The molecule has 2 aromatic carbocycles. The van der Waals surface area contributed by atoms with E-state index in [0.717, 1.165) is 38.2 Å². The van der Waals surface area contributed by atoms with Gasteiger partial charge >= 0.3 is 11.9 Å². The van der Waals surface area contributed by atoms with Crippen LogP contribution >= 0.6 is 0 Å². The van der Waals surface area contributed by atoms with Gasteiger partial charge in [0.2, 0.25) is 5.91 Å². The normalized spacial score (nSPS) is 14.2. The SMILES string of the molecule is CC(C)NC(=O)C1CCN(Cc2cccc(OCc3ccccc3)c2)CC1.O=C(O)C(=O)O. The average Bonchev–Trinajstić information content (AvgIpc) is 2.79. The van der Waals surface area contributed by atoms with Gasteiger partial charge in [0.15, 0.2) is 0 Å². The minimum absolute atomic E-state index is 0.157. The van der Waals surface area contributed by atoms with Crippen molar-refractivity contribution in [3.05, 3.63) is 65.7 Å². The van der Waals surface area contributed by atoms with E-state index in [-0.39, 0.29) is 17.9 Å². The molecule has 3 rings (SSSR count). The molecule has 0 unspecified atom stereocenters. The van der Waals surface area contributed by atoms with Crippen LogP contribution in [0.1, 0.15) is 37.8 Å². The molecule has 1 heterocycles. The Labute approximate surface area is 194 Å². The number of amides is 1. The summed E-state index contributed by atoms with van der Waals surface area (Å²) in [6.07, 6.45) is 1.87. The summed E-state index contributed by atoms with van der Waals surface area (Å²) in [7, 11) is 0. The van der Waals surface area contributed by atoms with Gasteiger partial charge in [-0.2, -0.15) is 0 Å². The summed E-state index contributed by atoms with van der Waals surface area (Å²) in [6.45, 7) is 7.44. The number of nitrogens with zero attached hydrogens (tertiary/aromatic N) is 1. The van der Waals surface area contributed by atoms with Crippen LogP contribution in [0.2, 0.25) is 0 Å². The Morgan fingerprint density at radius 3 is 2.15 bits per heavy atom. The number of carbonyl (C=O) groups excluding carboxylic acids is 1. The minimum atomic E-state index is -1.82. The lowest BCUT2D eigenvalue weighted by molar-refractivity contribution is -0.159. The van der Waals surface area contributed by atoms with Gasteiger partial charge in [-0.25, -0.2) is 9.59 Å². The van der Waals surface area contributed by atoms with E-state index in [1.165, 1.54) is 11.1 Å². The number of carbonyl (C=O) groups is 3. The van der Waals surface area contributed by atoms with Crippen molar-refractivity contribution in [2.45, 2.75) is 45.9 Å². The van der Waals surface area contributed by atoms with Crippen molar-refractivity contribution in [3.63, 3.8) is 0 Å². The maximum Gasteiger partial charge on any atom is 0.414 e. The molecule has 0 spiro atoms. The van der Waals surface area contributed by atoms with Gasteiger partial charge in [-0.15, -0.1) is 0 Å². The third-order valence-corrected chi connectivity index (χ3v) is 5.13. The van der Waals surface area contributed by atoms with Crippen LogP contribution in [0.15, 0.2) is 54.6 Å². The van der Waals surface area contributed by atoms with E-state index in [1.54, 1.807) is 0 Å². The Morgan fingerprint density at radius 1 is 0.970 bits per heavy atom. The zero-order valence-corrected chi connectivity index (χ0v) is 19.1. The highest BCUT2D eigenvalue weighted by Gasteiger charge is 2.25. The lowest BCUT2D eigenvalue weighted by Crippen LogP contribution is -2.42. The van der Waals surface area contributed by atoms with Crippen LogP contribution in [0.4, 0.5) is 0 Å². The molecule has 0 aliphatic carbocycles. The molecule has 0 aromatic heterocycles. The van der Waals surface area contributed by atoms with Crippen LogP contribution in [-0.4, -0.2) is 52.1 Å². The Balaban J connectivity index is 0.000000569. The van der Waals surface area contributed by atoms with E-state index < -0.39 is 11.9 Å². The van der Waals surface area contributed by atoms with Crippen LogP contribution in [-0.2, 0) is 27.5 Å². The van der Waals surface area contributed by atoms with Crippen molar-refractivity contribution < 1.29 is 29.3 Å². The number of aliphatic carboxylic acids is 2. The van der Waals surface area contributed by atoms with E-state index in [2.05, 4.69) is 40.5 Å². The van der Waals surface area contributed by atoms with E-state index >= 15 is 0 Å². The number of hydrogen-bond donors (Lipinski definition) is 3. The first kappa shape index (κ1) is 25.9. The van der Waals surface area contributed by atoms with Crippen molar-refractivity contribution in [2.24, 2.45) is 5.92 Å². The molecular weight excluding hydrogens is 424 g/mol. The summed E-state index contributed by atoms with van der Waals surface area (Å²) >= 11 is 0. The number of piperidine rings is 1.